The smallest absolute Gasteiger partial charge is 0.338 e. The highest BCUT2D eigenvalue weighted by Gasteiger charge is 2.10. The number of amides is 1. The molecule has 0 bridgehead atoms. The van der Waals surface area contributed by atoms with Crippen molar-refractivity contribution < 1.29 is 18.7 Å². The summed E-state index contributed by atoms with van der Waals surface area (Å²) >= 11 is 0. The van der Waals surface area contributed by atoms with Crippen LogP contribution in [0.2, 0.25) is 0 Å². The molecule has 3 rings (SSSR count). The Morgan fingerprint density at radius 1 is 1.03 bits per heavy atom. The van der Waals surface area contributed by atoms with Gasteiger partial charge in [0.05, 0.1) is 12.2 Å². The maximum Gasteiger partial charge on any atom is 0.338 e. The fraction of sp³-hybridized carbons (Fsp3) is 0.143. The highest BCUT2D eigenvalue weighted by atomic mass is 19.1. The molecule has 0 aliphatic heterocycles. The first-order chi connectivity index (χ1) is 14.0. The number of hydrogen-bond donors (Lipinski definition) is 2. The minimum Gasteiger partial charge on any atom is -0.462 e. The van der Waals surface area contributed by atoms with Crippen LogP contribution >= 0.6 is 0 Å². The third-order valence-corrected chi connectivity index (χ3v) is 3.91. The maximum atomic E-state index is 12.9. The van der Waals surface area contributed by atoms with Crippen LogP contribution in [0.25, 0.3) is 0 Å². The van der Waals surface area contributed by atoms with Crippen LogP contribution in [-0.4, -0.2) is 28.5 Å². The van der Waals surface area contributed by atoms with Crippen LogP contribution in [0.4, 0.5) is 16.0 Å². The minimum atomic E-state index is -0.393. The number of carbonyl (C=O) groups is 2. The van der Waals surface area contributed by atoms with Crippen molar-refractivity contribution >= 4 is 23.5 Å². The first kappa shape index (κ1) is 19.9. The number of halogens is 1. The van der Waals surface area contributed by atoms with Crippen molar-refractivity contribution in [2.45, 2.75) is 13.5 Å². The number of anilines is 2. The molecule has 0 saturated carbocycles. The number of esters is 1. The molecule has 3 aromatic rings. The van der Waals surface area contributed by atoms with Crippen LogP contribution in [0.15, 0.2) is 60.8 Å². The minimum absolute atomic E-state index is 0.188. The fourth-order valence-corrected chi connectivity index (χ4v) is 2.45. The van der Waals surface area contributed by atoms with Crippen molar-refractivity contribution in [2.75, 3.05) is 11.9 Å². The van der Waals surface area contributed by atoms with Gasteiger partial charge in [0.1, 0.15) is 11.5 Å². The fourth-order valence-electron chi connectivity index (χ4n) is 2.45. The maximum absolute atomic E-state index is 12.9. The van der Waals surface area contributed by atoms with Crippen molar-refractivity contribution in [3.63, 3.8) is 0 Å². The molecule has 1 heterocycles. The molecule has 2 aromatic carbocycles. The van der Waals surface area contributed by atoms with Crippen molar-refractivity contribution in [1.82, 2.24) is 15.3 Å². The molecule has 1 amide bonds. The molecule has 0 aliphatic carbocycles. The molecule has 1 aromatic heterocycles. The van der Waals surface area contributed by atoms with Gasteiger partial charge in [-0.3, -0.25) is 4.79 Å². The molecule has 29 heavy (non-hydrogen) atoms. The molecule has 8 heteroatoms. The second kappa shape index (κ2) is 9.41. The van der Waals surface area contributed by atoms with E-state index in [1.54, 1.807) is 43.3 Å². The third-order valence-electron chi connectivity index (χ3n) is 3.91. The first-order valence-electron chi connectivity index (χ1n) is 8.95. The molecule has 148 valence electrons. The SMILES string of the molecule is CCOC(=O)c1ccc(Nc2nccc(C(=O)NCc3ccc(F)cc3)n2)cc1. The van der Waals surface area contributed by atoms with Crippen molar-refractivity contribution in [3.8, 4) is 0 Å². The predicted octanol–water partition coefficient (Wildman–Crippen LogP) is 3.47. The summed E-state index contributed by atoms with van der Waals surface area (Å²) in [6.45, 7) is 2.30. The zero-order chi connectivity index (χ0) is 20.6. The molecule has 0 spiro atoms. The number of rotatable bonds is 7. The highest BCUT2D eigenvalue weighted by molar-refractivity contribution is 5.92. The van der Waals surface area contributed by atoms with Crippen LogP contribution < -0.4 is 10.6 Å². The molecule has 0 unspecified atom stereocenters. The summed E-state index contributed by atoms with van der Waals surface area (Å²) in [6.07, 6.45) is 1.47. The van der Waals surface area contributed by atoms with Gasteiger partial charge in [0.2, 0.25) is 5.95 Å². The molecule has 0 atom stereocenters. The first-order valence-corrected chi connectivity index (χ1v) is 8.95. The number of aromatic nitrogens is 2. The standard InChI is InChI=1S/C21H19FN4O3/c1-2-29-20(28)15-5-9-17(10-6-15)25-21-23-12-11-18(26-21)19(27)24-13-14-3-7-16(22)8-4-14/h3-12H,2,13H2,1H3,(H,24,27)(H,23,25,26). The van der Waals surface area contributed by atoms with Crippen LogP contribution in [0, 0.1) is 5.82 Å². The summed E-state index contributed by atoms with van der Waals surface area (Å²) in [5.41, 5.74) is 2.05. The molecule has 7 nitrogen and oxygen atoms in total. The lowest BCUT2D eigenvalue weighted by atomic mass is 10.2. The normalized spacial score (nSPS) is 10.3. The van der Waals surface area contributed by atoms with Crippen LogP contribution in [-0.2, 0) is 11.3 Å². The molecule has 0 radical (unpaired) electrons. The van der Waals surface area contributed by atoms with Gasteiger partial charge in [-0.05, 0) is 55.0 Å². The summed E-state index contributed by atoms with van der Waals surface area (Å²) < 4.78 is 17.9. The van der Waals surface area contributed by atoms with E-state index in [1.165, 1.54) is 24.4 Å². The zero-order valence-electron chi connectivity index (χ0n) is 15.7. The molecule has 2 N–H and O–H groups in total. The molecular weight excluding hydrogens is 375 g/mol. The Kier molecular flexibility index (Phi) is 6.47. The van der Waals surface area contributed by atoms with E-state index < -0.39 is 5.97 Å². The summed E-state index contributed by atoms with van der Waals surface area (Å²) in [6, 6.07) is 14.0. The zero-order valence-corrected chi connectivity index (χ0v) is 15.7. The van der Waals surface area contributed by atoms with Gasteiger partial charge >= 0.3 is 5.97 Å². The summed E-state index contributed by atoms with van der Waals surface area (Å²) in [5.74, 6) is -0.863. The van der Waals surface area contributed by atoms with Crippen molar-refractivity contribution in [1.29, 1.82) is 0 Å². The second-order valence-electron chi connectivity index (χ2n) is 6.00. The molecule has 0 aliphatic rings. The Morgan fingerprint density at radius 2 is 1.76 bits per heavy atom. The number of nitrogens with one attached hydrogen (secondary N) is 2. The lowest BCUT2D eigenvalue weighted by molar-refractivity contribution is 0.0526. The Labute approximate surface area is 167 Å². The van der Waals surface area contributed by atoms with E-state index in [-0.39, 0.29) is 29.9 Å². The monoisotopic (exact) mass is 394 g/mol. The van der Waals surface area contributed by atoms with E-state index in [2.05, 4.69) is 20.6 Å². The predicted molar refractivity (Wildman–Crippen MR) is 105 cm³/mol. The lowest BCUT2D eigenvalue weighted by Gasteiger charge is -2.08. The van der Waals surface area contributed by atoms with Gasteiger partial charge in [0.15, 0.2) is 0 Å². The molecule has 0 fully saturated rings. The Balaban J connectivity index is 1.62. The average molecular weight is 394 g/mol. The van der Waals surface area contributed by atoms with Crippen LogP contribution in [0.1, 0.15) is 33.3 Å². The summed E-state index contributed by atoms with van der Waals surface area (Å²) in [4.78, 5) is 32.3. The molecule has 0 saturated heterocycles. The Morgan fingerprint density at radius 3 is 2.45 bits per heavy atom. The quantitative estimate of drug-likeness (QED) is 0.596. The molecular formula is C21H19FN4O3. The summed E-state index contributed by atoms with van der Waals surface area (Å²) in [7, 11) is 0. The van der Waals surface area contributed by atoms with E-state index in [1.807, 2.05) is 0 Å². The van der Waals surface area contributed by atoms with Gasteiger partial charge < -0.3 is 15.4 Å². The van der Waals surface area contributed by atoms with E-state index in [9.17, 15) is 14.0 Å². The van der Waals surface area contributed by atoms with Gasteiger partial charge in [0.25, 0.3) is 5.91 Å². The summed E-state index contributed by atoms with van der Waals surface area (Å²) in [5, 5.41) is 5.71. The van der Waals surface area contributed by atoms with Gasteiger partial charge in [-0.1, -0.05) is 12.1 Å². The Bertz CT molecular complexity index is 992. The van der Waals surface area contributed by atoms with Crippen LogP contribution in [0.5, 0.6) is 0 Å². The van der Waals surface area contributed by atoms with Gasteiger partial charge in [-0.25, -0.2) is 19.2 Å². The van der Waals surface area contributed by atoms with E-state index >= 15 is 0 Å². The number of nitrogens with zero attached hydrogens (tertiary/aromatic N) is 2. The highest BCUT2D eigenvalue weighted by Crippen LogP contribution is 2.15. The van der Waals surface area contributed by atoms with E-state index in [0.29, 0.717) is 17.9 Å². The number of benzene rings is 2. The number of carbonyl (C=O) groups excluding carboxylic acids is 2. The van der Waals surface area contributed by atoms with Gasteiger partial charge in [0, 0.05) is 18.4 Å². The lowest BCUT2D eigenvalue weighted by Crippen LogP contribution is -2.24. The van der Waals surface area contributed by atoms with Gasteiger partial charge in [-0.2, -0.15) is 0 Å². The average Bonchev–Trinajstić information content (AvgIpc) is 2.74. The largest absolute Gasteiger partial charge is 0.462 e. The van der Waals surface area contributed by atoms with Crippen LogP contribution in [0.3, 0.4) is 0 Å². The van der Waals surface area contributed by atoms with Gasteiger partial charge in [-0.15, -0.1) is 0 Å². The van der Waals surface area contributed by atoms with Crippen molar-refractivity contribution in [2.24, 2.45) is 0 Å². The third kappa shape index (κ3) is 5.58. The van der Waals surface area contributed by atoms with Crippen molar-refractivity contribution in [3.05, 3.63) is 83.4 Å². The number of ether oxygens (including phenoxy) is 1. The number of hydrogen-bond acceptors (Lipinski definition) is 6. The van der Waals surface area contributed by atoms with E-state index in [0.717, 1.165) is 5.56 Å². The second-order valence-corrected chi connectivity index (χ2v) is 6.00. The topological polar surface area (TPSA) is 93.2 Å². The Hall–Kier alpha value is -3.81. The van der Waals surface area contributed by atoms with E-state index in [4.69, 9.17) is 4.74 Å².